The minimum atomic E-state index is -0.660. The second-order valence-corrected chi connectivity index (χ2v) is 8.79. The third kappa shape index (κ3) is 5.32. The molecule has 0 bridgehead atoms. The summed E-state index contributed by atoms with van der Waals surface area (Å²) in [7, 11) is 0. The van der Waals surface area contributed by atoms with Gasteiger partial charge in [0, 0.05) is 26.2 Å². The Bertz CT molecular complexity index is 672. The van der Waals surface area contributed by atoms with Crippen LogP contribution in [-0.2, 0) is 16.1 Å². The largest absolute Gasteiger partial charge is 0.342 e. The van der Waals surface area contributed by atoms with E-state index in [1.165, 1.54) is 5.56 Å². The molecular formula is C23H36ClN3O2. The number of likely N-dealkylation sites (tertiary alicyclic amines) is 1. The first-order chi connectivity index (χ1) is 13.5. The number of carbonyl (C=O) groups excluding carboxylic acids is 2. The van der Waals surface area contributed by atoms with Crippen molar-refractivity contribution in [1.82, 2.24) is 15.1 Å². The molecule has 0 saturated carbocycles. The first kappa shape index (κ1) is 23.7. The van der Waals surface area contributed by atoms with Gasteiger partial charge in [0.2, 0.25) is 11.8 Å². The van der Waals surface area contributed by atoms with Crippen LogP contribution < -0.4 is 5.32 Å². The van der Waals surface area contributed by atoms with Crippen LogP contribution in [0.25, 0.3) is 0 Å². The van der Waals surface area contributed by atoms with Crippen LogP contribution in [-0.4, -0.2) is 52.8 Å². The summed E-state index contributed by atoms with van der Waals surface area (Å²) in [5.41, 5.74) is 0.634. The van der Waals surface area contributed by atoms with Crippen LogP contribution in [0.3, 0.4) is 0 Å². The predicted octanol–water partition coefficient (Wildman–Crippen LogP) is 3.62. The van der Waals surface area contributed by atoms with Crippen molar-refractivity contribution in [3.05, 3.63) is 35.9 Å². The quantitative estimate of drug-likeness (QED) is 0.731. The van der Waals surface area contributed by atoms with Crippen molar-refractivity contribution in [3.63, 3.8) is 0 Å². The second-order valence-electron chi connectivity index (χ2n) is 8.79. The summed E-state index contributed by atoms with van der Waals surface area (Å²) < 4.78 is 0. The SMILES string of the molecule is CCCCN1C(=O)[C@H](CC(C)C)NC(=O)C12CCN(Cc1ccccc1)CC2.Cl. The number of hydrogen-bond acceptors (Lipinski definition) is 3. The summed E-state index contributed by atoms with van der Waals surface area (Å²) >= 11 is 0. The summed E-state index contributed by atoms with van der Waals surface area (Å²) in [5.74, 6) is 0.565. The van der Waals surface area contributed by atoms with Gasteiger partial charge in [-0.05, 0) is 37.2 Å². The minimum absolute atomic E-state index is 0. The molecule has 3 rings (SSSR count). The van der Waals surface area contributed by atoms with Gasteiger partial charge in [-0.25, -0.2) is 0 Å². The Kier molecular flexibility index (Phi) is 8.53. The van der Waals surface area contributed by atoms with Crippen molar-refractivity contribution in [2.75, 3.05) is 19.6 Å². The number of piperazine rings is 1. The molecule has 5 nitrogen and oxygen atoms in total. The van der Waals surface area contributed by atoms with Gasteiger partial charge in [0.15, 0.2) is 0 Å². The maximum Gasteiger partial charge on any atom is 0.246 e. The first-order valence-electron chi connectivity index (χ1n) is 10.8. The van der Waals surface area contributed by atoms with E-state index in [1.807, 2.05) is 11.0 Å². The van der Waals surface area contributed by atoms with E-state index >= 15 is 0 Å². The molecule has 29 heavy (non-hydrogen) atoms. The molecule has 2 amide bonds. The fourth-order valence-corrected chi connectivity index (χ4v) is 4.57. The molecule has 162 valence electrons. The molecule has 2 fully saturated rings. The van der Waals surface area contributed by atoms with E-state index in [-0.39, 0.29) is 30.3 Å². The standard InChI is InChI=1S/C23H35N3O2.ClH/c1-4-5-13-26-21(27)20(16-18(2)3)24-22(28)23(26)11-14-25(15-12-23)17-19-9-7-6-8-10-19;/h6-10,18,20H,4-5,11-17H2,1-3H3,(H,24,28);1H/t20-;/m0./s1. The fourth-order valence-electron chi connectivity index (χ4n) is 4.57. The maximum absolute atomic E-state index is 13.3. The number of benzene rings is 1. The Morgan fingerprint density at radius 1 is 1.14 bits per heavy atom. The molecule has 1 spiro atoms. The molecule has 0 unspecified atom stereocenters. The van der Waals surface area contributed by atoms with Gasteiger partial charge in [-0.1, -0.05) is 57.5 Å². The van der Waals surface area contributed by atoms with Gasteiger partial charge >= 0.3 is 0 Å². The summed E-state index contributed by atoms with van der Waals surface area (Å²) in [6, 6.07) is 10.1. The maximum atomic E-state index is 13.3. The zero-order valence-corrected chi connectivity index (χ0v) is 18.8. The van der Waals surface area contributed by atoms with Crippen LogP contribution in [0, 0.1) is 5.92 Å². The van der Waals surface area contributed by atoms with Gasteiger partial charge in [0.05, 0.1) is 0 Å². The molecule has 1 aromatic carbocycles. The molecule has 6 heteroatoms. The molecule has 2 aliphatic heterocycles. The lowest BCUT2D eigenvalue weighted by Crippen LogP contribution is -2.73. The summed E-state index contributed by atoms with van der Waals surface area (Å²) in [6.07, 6.45) is 4.12. The van der Waals surface area contributed by atoms with Crippen molar-refractivity contribution in [2.45, 2.75) is 71.0 Å². The molecule has 1 atom stereocenters. The number of carbonyl (C=O) groups is 2. The molecule has 0 aromatic heterocycles. The first-order valence-corrected chi connectivity index (χ1v) is 10.8. The number of nitrogens with zero attached hydrogens (tertiary/aromatic N) is 2. The van der Waals surface area contributed by atoms with Crippen LogP contribution in [0.2, 0.25) is 0 Å². The number of rotatable bonds is 7. The van der Waals surface area contributed by atoms with Crippen LogP contribution >= 0.6 is 12.4 Å². The zero-order valence-electron chi connectivity index (χ0n) is 18.0. The lowest BCUT2D eigenvalue weighted by atomic mass is 9.80. The second kappa shape index (κ2) is 10.4. The number of unbranched alkanes of at least 4 members (excludes halogenated alkanes) is 1. The van der Waals surface area contributed by atoms with E-state index in [9.17, 15) is 9.59 Å². The topological polar surface area (TPSA) is 52.7 Å². The van der Waals surface area contributed by atoms with Gasteiger partial charge in [-0.2, -0.15) is 0 Å². The molecule has 2 heterocycles. The lowest BCUT2D eigenvalue weighted by molar-refractivity contribution is -0.161. The van der Waals surface area contributed by atoms with E-state index in [4.69, 9.17) is 0 Å². The Balaban J connectivity index is 0.00000300. The van der Waals surface area contributed by atoms with Crippen molar-refractivity contribution < 1.29 is 9.59 Å². The smallest absolute Gasteiger partial charge is 0.246 e. The van der Waals surface area contributed by atoms with Crippen molar-refractivity contribution in [3.8, 4) is 0 Å². The van der Waals surface area contributed by atoms with Gasteiger partial charge in [-0.15, -0.1) is 12.4 Å². The summed E-state index contributed by atoms with van der Waals surface area (Å²) in [5, 5.41) is 3.08. The normalized spacial score (nSPS) is 21.9. The number of halogens is 1. The monoisotopic (exact) mass is 421 g/mol. The van der Waals surface area contributed by atoms with Gasteiger partial charge < -0.3 is 10.2 Å². The highest BCUT2D eigenvalue weighted by atomic mass is 35.5. The molecule has 2 aliphatic rings. The van der Waals surface area contributed by atoms with E-state index in [0.29, 0.717) is 18.9 Å². The van der Waals surface area contributed by atoms with Crippen molar-refractivity contribution >= 4 is 24.2 Å². The Labute approximate surface area is 181 Å². The Morgan fingerprint density at radius 3 is 2.38 bits per heavy atom. The number of piperidine rings is 1. The van der Waals surface area contributed by atoms with Gasteiger partial charge in [0.25, 0.3) is 0 Å². The molecule has 2 saturated heterocycles. The molecular weight excluding hydrogens is 386 g/mol. The third-order valence-electron chi connectivity index (χ3n) is 6.18. The van der Waals surface area contributed by atoms with Crippen molar-refractivity contribution in [1.29, 1.82) is 0 Å². The molecule has 1 N–H and O–H groups in total. The number of nitrogens with one attached hydrogen (secondary N) is 1. The average molecular weight is 422 g/mol. The van der Waals surface area contributed by atoms with Crippen LogP contribution in [0.4, 0.5) is 0 Å². The highest BCUT2D eigenvalue weighted by Crippen LogP contribution is 2.34. The highest BCUT2D eigenvalue weighted by Gasteiger charge is 2.53. The predicted molar refractivity (Wildman–Crippen MR) is 119 cm³/mol. The van der Waals surface area contributed by atoms with Crippen LogP contribution in [0.15, 0.2) is 30.3 Å². The summed E-state index contributed by atoms with van der Waals surface area (Å²) in [6.45, 7) is 9.60. The van der Waals surface area contributed by atoms with Crippen molar-refractivity contribution in [2.24, 2.45) is 5.92 Å². The van der Waals surface area contributed by atoms with E-state index < -0.39 is 5.54 Å². The lowest BCUT2D eigenvalue weighted by Gasteiger charge is -2.52. The highest BCUT2D eigenvalue weighted by molar-refractivity contribution is 6.00. The fraction of sp³-hybridized carbons (Fsp3) is 0.652. The third-order valence-corrected chi connectivity index (χ3v) is 6.18. The zero-order chi connectivity index (χ0) is 20.1. The average Bonchev–Trinajstić information content (AvgIpc) is 2.68. The Hall–Kier alpha value is -1.59. The molecule has 1 aromatic rings. The minimum Gasteiger partial charge on any atom is -0.342 e. The van der Waals surface area contributed by atoms with Gasteiger partial charge in [0.1, 0.15) is 11.6 Å². The Morgan fingerprint density at radius 2 is 1.79 bits per heavy atom. The number of hydrogen-bond donors (Lipinski definition) is 1. The van der Waals surface area contributed by atoms with Crippen LogP contribution in [0.1, 0.15) is 58.4 Å². The van der Waals surface area contributed by atoms with Crippen LogP contribution in [0.5, 0.6) is 0 Å². The molecule has 0 aliphatic carbocycles. The van der Waals surface area contributed by atoms with E-state index in [1.54, 1.807) is 0 Å². The number of amides is 2. The molecule has 0 radical (unpaired) electrons. The van der Waals surface area contributed by atoms with E-state index in [0.717, 1.165) is 45.3 Å². The van der Waals surface area contributed by atoms with E-state index in [2.05, 4.69) is 55.3 Å². The summed E-state index contributed by atoms with van der Waals surface area (Å²) in [4.78, 5) is 30.8. The van der Waals surface area contributed by atoms with Gasteiger partial charge in [-0.3, -0.25) is 14.5 Å².